The van der Waals surface area contributed by atoms with Gasteiger partial charge in [-0.15, -0.1) is 5.10 Å². The van der Waals surface area contributed by atoms with Crippen LogP contribution in [-0.4, -0.2) is 31.3 Å². The zero-order chi connectivity index (χ0) is 15.6. The highest BCUT2D eigenvalue weighted by atomic mass is 16.4. The van der Waals surface area contributed by atoms with Gasteiger partial charge in [0.15, 0.2) is 5.82 Å². The number of hydrogen-bond acceptors (Lipinski definition) is 4. The Balaban J connectivity index is 2.50. The fourth-order valence-electron chi connectivity index (χ4n) is 2.34. The minimum absolute atomic E-state index is 0.0181. The van der Waals surface area contributed by atoms with E-state index in [1.165, 1.54) is 0 Å². The Morgan fingerprint density at radius 3 is 2.62 bits per heavy atom. The van der Waals surface area contributed by atoms with Crippen LogP contribution in [0.3, 0.4) is 0 Å². The molecule has 2 aromatic rings. The van der Waals surface area contributed by atoms with Gasteiger partial charge in [0.05, 0.1) is 12.5 Å². The number of carboxylic acid groups (broad SMARTS) is 1. The Hall–Kier alpha value is -2.24. The fourth-order valence-corrected chi connectivity index (χ4v) is 2.34. The first-order chi connectivity index (χ1) is 9.80. The molecule has 0 aliphatic heterocycles. The quantitative estimate of drug-likeness (QED) is 0.935. The van der Waals surface area contributed by atoms with Gasteiger partial charge in [0.1, 0.15) is 0 Å². The van der Waals surface area contributed by atoms with Crippen molar-refractivity contribution in [1.29, 1.82) is 0 Å². The number of hydrogen-bond donors (Lipinski definition) is 1. The maximum absolute atomic E-state index is 10.9. The van der Waals surface area contributed by atoms with Gasteiger partial charge in [-0.3, -0.25) is 4.79 Å². The Morgan fingerprint density at radius 1 is 1.33 bits per heavy atom. The standard InChI is InChI=1S/C15H20N4O2/c1-10(9-13(20)21)19-14(16-17-18-19)11-7-5-6-8-12(11)15(2,3)4/h5-8,10H,9H2,1-4H3,(H,20,21). The number of aromatic nitrogens is 4. The minimum atomic E-state index is -0.868. The van der Waals surface area contributed by atoms with Gasteiger partial charge in [0.25, 0.3) is 0 Å². The van der Waals surface area contributed by atoms with Gasteiger partial charge in [-0.25, -0.2) is 4.68 Å². The summed E-state index contributed by atoms with van der Waals surface area (Å²) in [5, 5.41) is 20.7. The normalized spacial score (nSPS) is 13.1. The molecule has 0 bridgehead atoms. The molecule has 0 radical (unpaired) electrons. The van der Waals surface area contributed by atoms with Crippen LogP contribution in [0.4, 0.5) is 0 Å². The van der Waals surface area contributed by atoms with Gasteiger partial charge in [-0.2, -0.15) is 0 Å². The van der Waals surface area contributed by atoms with Gasteiger partial charge in [0, 0.05) is 5.56 Å². The molecule has 0 saturated heterocycles. The zero-order valence-corrected chi connectivity index (χ0v) is 12.7. The van der Waals surface area contributed by atoms with E-state index in [1.807, 2.05) is 18.2 Å². The van der Waals surface area contributed by atoms with Crippen LogP contribution < -0.4 is 0 Å². The molecule has 0 spiro atoms. The molecule has 1 atom stereocenters. The third-order valence-electron chi connectivity index (χ3n) is 3.36. The Bertz CT molecular complexity index is 643. The van der Waals surface area contributed by atoms with Crippen LogP contribution in [0.1, 0.15) is 45.7 Å². The molecule has 6 heteroatoms. The molecular weight excluding hydrogens is 268 g/mol. The van der Waals surface area contributed by atoms with Gasteiger partial charge >= 0.3 is 5.97 Å². The van der Waals surface area contributed by atoms with Crippen LogP contribution in [0.2, 0.25) is 0 Å². The Labute approximate surface area is 123 Å². The lowest BCUT2D eigenvalue weighted by Gasteiger charge is -2.23. The first-order valence-electron chi connectivity index (χ1n) is 6.90. The molecule has 1 aromatic heterocycles. The number of nitrogens with zero attached hydrogens (tertiary/aromatic N) is 4. The van der Waals surface area contributed by atoms with Crippen molar-refractivity contribution < 1.29 is 9.90 Å². The summed E-state index contributed by atoms with van der Waals surface area (Å²) in [4.78, 5) is 10.9. The molecule has 0 aliphatic carbocycles. The summed E-state index contributed by atoms with van der Waals surface area (Å²) in [6, 6.07) is 7.64. The second-order valence-corrected chi connectivity index (χ2v) is 6.19. The summed E-state index contributed by atoms with van der Waals surface area (Å²) < 4.78 is 1.58. The first kappa shape index (κ1) is 15.2. The summed E-state index contributed by atoms with van der Waals surface area (Å²) >= 11 is 0. The highest BCUT2D eigenvalue weighted by Crippen LogP contribution is 2.32. The fraction of sp³-hybridized carbons (Fsp3) is 0.467. The average Bonchev–Trinajstić information content (AvgIpc) is 2.86. The molecule has 1 N–H and O–H groups in total. The van der Waals surface area contributed by atoms with Gasteiger partial charge in [-0.1, -0.05) is 45.0 Å². The van der Waals surface area contributed by atoms with Crippen molar-refractivity contribution >= 4 is 5.97 Å². The predicted molar refractivity (Wildman–Crippen MR) is 78.9 cm³/mol. The third kappa shape index (κ3) is 3.26. The van der Waals surface area contributed by atoms with E-state index in [-0.39, 0.29) is 17.9 Å². The monoisotopic (exact) mass is 288 g/mol. The number of carbonyl (C=O) groups is 1. The smallest absolute Gasteiger partial charge is 0.305 e. The lowest BCUT2D eigenvalue weighted by molar-refractivity contribution is -0.137. The lowest BCUT2D eigenvalue weighted by atomic mass is 9.83. The summed E-state index contributed by atoms with van der Waals surface area (Å²) in [5.74, 6) is -0.262. The molecule has 0 fully saturated rings. The van der Waals surface area contributed by atoms with Crippen molar-refractivity contribution in [3.63, 3.8) is 0 Å². The maximum atomic E-state index is 10.9. The number of carboxylic acids is 1. The number of aliphatic carboxylic acids is 1. The predicted octanol–water partition coefficient (Wildman–Crippen LogP) is 2.67. The van der Waals surface area contributed by atoms with Gasteiger partial charge < -0.3 is 5.11 Å². The van der Waals surface area contributed by atoms with Crippen molar-refractivity contribution in [2.24, 2.45) is 0 Å². The molecular formula is C15H20N4O2. The zero-order valence-electron chi connectivity index (χ0n) is 12.7. The van der Waals surface area contributed by atoms with E-state index in [4.69, 9.17) is 5.11 Å². The van der Waals surface area contributed by atoms with Crippen LogP contribution >= 0.6 is 0 Å². The molecule has 0 amide bonds. The van der Waals surface area contributed by atoms with Crippen molar-refractivity contribution in [3.8, 4) is 11.4 Å². The second kappa shape index (κ2) is 5.63. The number of rotatable bonds is 4. The van der Waals surface area contributed by atoms with Gasteiger partial charge in [-0.05, 0) is 28.3 Å². The molecule has 0 aliphatic rings. The van der Waals surface area contributed by atoms with Crippen molar-refractivity contribution in [1.82, 2.24) is 20.2 Å². The lowest BCUT2D eigenvalue weighted by Crippen LogP contribution is -2.16. The van der Waals surface area contributed by atoms with E-state index in [0.717, 1.165) is 11.1 Å². The molecule has 0 saturated carbocycles. The van der Waals surface area contributed by atoms with Crippen LogP contribution in [-0.2, 0) is 10.2 Å². The van der Waals surface area contributed by atoms with Crippen molar-refractivity contribution in [2.75, 3.05) is 0 Å². The molecule has 1 unspecified atom stereocenters. The molecule has 112 valence electrons. The Kier molecular flexibility index (Phi) is 4.06. The highest BCUT2D eigenvalue weighted by molar-refractivity contribution is 5.67. The SMILES string of the molecule is CC(CC(=O)O)n1nnnc1-c1ccccc1C(C)(C)C. The van der Waals surface area contributed by atoms with E-state index in [0.29, 0.717) is 5.82 Å². The third-order valence-corrected chi connectivity index (χ3v) is 3.36. The van der Waals surface area contributed by atoms with Crippen LogP contribution in [0.15, 0.2) is 24.3 Å². The van der Waals surface area contributed by atoms with E-state index in [1.54, 1.807) is 11.6 Å². The number of tetrazole rings is 1. The second-order valence-electron chi connectivity index (χ2n) is 6.19. The Morgan fingerprint density at radius 2 is 2.00 bits per heavy atom. The van der Waals surface area contributed by atoms with E-state index < -0.39 is 5.97 Å². The van der Waals surface area contributed by atoms with Gasteiger partial charge in [0.2, 0.25) is 0 Å². The summed E-state index contributed by atoms with van der Waals surface area (Å²) in [6.07, 6.45) is -0.0181. The topological polar surface area (TPSA) is 80.9 Å². The minimum Gasteiger partial charge on any atom is -0.481 e. The molecule has 21 heavy (non-hydrogen) atoms. The highest BCUT2D eigenvalue weighted by Gasteiger charge is 2.23. The average molecular weight is 288 g/mol. The van der Waals surface area contributed by atoms with Crippen molar-refractivity contribution in [2.45, 2.75) is 45.6 Å². The molecule has 2 rings (SSSR count). The van der Waals surface area contributed by atoms with E-state index >= 15 is 0 Å². The summed E-state index contributed by atoms with van der Waals surface area (Å²) in [6.45, 7) is 8.18. The first-order valence-corrected chi connectivity index (χ1v) is 6.90. The van der Waals surface area contributed by atoms with Crippen LogP contribution in [0.25, 0.3) is 11.4 Å². The molecule has 1 aromatic carbocycles. The van der Waals surface area contributed by atoms with Crippen LogP contribution in [0.5, 0.6) is 0 Å². The van der Waals surface area contributed by atoms with Crippen molar-refractivity contribution in [3.05, 3.63) is 29.8 Å². The summed E-state index contributed by atoms with van der Waals surface area (Å²) in [7, 11) is 0. The van der Waals surface area contributed by atoms with E-state index in [9.17, 15) is 4.79 Å². The molecule has 1 heterocycles. The number of benzene rings is 1. The molecule has 6 nitrogen and oxygen atoms in total. The largest absolute Gasteiger partial charge is 0.481 e. The summed E-state index contributed by atoms with van der Waals surface area (Å²) in [5.41, 5.74) is 2.01. The maximum Gasteiger partial charge on any atom is 0.305 e. The van der Waals surface area contributed by atoms with Crippen LogP contribution in [0, 0.1) is 0 Å². The van der Waals surface area contributed by atoms with E-state index in [2.05, 4.69) is 42.4 Å².